The number of nitrogens with zero attached hydrogens (tertiary/aromatic N) is 2. The van der Waals surface area contributed by atoms with Crippen LogP contribution in [0.5, 0.6) is 5.75 Å². The van der Waals surface area contributed by atoms with E-state index in [4.69, 9.17) is 4.74 Å². The molecule has 0 saturated carbocycles. The molecule has 2 rings (SSSR count). The van der Waals surface area contributed by atoms with Gasteiger partial charge in [-0.05, 0) is 43.4 Å². The zero-order valence-corrected chi connectivity index (χ0v) is 16.1. The third kappa shape index (κ3) is 5.44. The highest BCUT2D eigenvalue weighted by atomic mass is 32.2. The molecule has 25 heavy (non-hydrogen) atoms. The zero-order chi connectivity index (χ0) is 18.4. The normalized spacial score (nSPS) is 18.4. The molecule has 7 heteroatoms. The summed E-state index contributed by atoms with van der Waals surface area (Å²) < 4.78 is 30.7. The molecule has 1 amide bonds. The van der Waals surface area contributed by atoms with Crippen molar-refractivity contribution in [3.63, 3.8) is 0 Å². The van der Waals surface area contributed by atoms with E-state index in [0.717, 1.165) is 44.0 Å². The monoisotopic (exact) mass is 368 g/mol. The molecule has 1 unspecified atom stereocenters. The number of benzene rings is 1. The summed E-state index contributed by atoms with van der Waals surface area (Å²) in [7, 11) is -1.90. The van der Waals surface area contributed by atoms with Crippen LogP contribution in [0.25, 0.3) is 0 Å². The second-order valence-electron chi connectivity index (χ2n) is 6.52. The van der Waals surface area contributed by atoms with E-state index in [1.807, 2.05) is 17.0 Å². The van der Waals surface area contributed by atoms with Gasteiger partial charge in [0.25, 0.3) is 0 Å². The van der Waals surface area contributed by atoms with E-state index in [1.165, 1.54) is 4.31 Å². The fourth-order valence-corrected chi connectivity index (χ4v) is 3.95. The quantitative estimate of drug-likeness (QED) is 0.740. The highest BCUT2D eigenvalue weighted by Crippen LogP contribution is 2.21. The summed E-state index contributed by atoms with van der Waals surface area (Å²) >= 11 is 0. The molecule has 1 aliphatic heterocycles. The number of piperidine rings is 1. The molecule has 1 aliphatic rings. The average Bonchev–Trinajstić information content (AvgIpc) is 2.60. The maximum absolute atomic E-state index is 12.7. The van der Waals surface area contributed by atoms with E-state index in [0.29, 0.717) is 5.75 Å². The molecule has 6 nitrogen and oxygen atoms in total. The van der Waals surface area contributed by atoms with Crippen LogP contribution in [0, 0.1) is 0 Å². The van der Waals surface area contributed by atoms with E-state index in [9.17, 15) is 13.2 Å². The topological polar surface area (TPSA) is 66.9 Å². The summed E-state index contributed by atoms with van der Waals surface area (Å²) in [4.78, 5) is 14.6. The Kier molecular flexibility index (Phi) is 6.84. The van der Waals surface area contributed by atoms with E-state index in [1.54, 1.807) is 19.2 Å². The van der Waals surface area contributed by atoms with Crippen molar-refractivity contribution in [3.05, 3.63) is 29.8 Å². The Bertz CT molecular complexity index is 673. The maximum Gasteiger partial charge on any atom is 0.238 e. The summed E-state index contributed by atoms with van der Waals surface area (Å²) in [5.41, 5.74) is 0.824. The average molecular weight is 368 g/mol. The van der Waals surface area contributed by atoms with E-state index in [2.05, 4.69) is 6.92 Å². The summed E-state index contributed by atoms with van der Waals surface area (Å²) in [5, 5.41) is 0. The van der Waals surface area contributed by atoms with Crippen LogP contribution in [0.15, 0.2) is 24.3 Å². The van der Waals surface area contributed by atoms with Crippen molar-refractivity contribution in [3.8, 4) is 5.75 Å². The highest BCUT2D eigenvalue weighted by Gasteiger charge is 2.29. The van der Waals surface area contributed by atoms with Crippen LogP contribution in [0.3, 0.4) is 0 Å². The first-order valence-electron chi connectivity index (χ1n) is 8.72. The molecule has 0 bridgehead atoms. The van der Waals surface area contributed by atoms with Gasteiger partial charge in [0.05, 0.1) is 19.9 Å². The molecule has 1 aromatic rings. The predicted molar refractivity (Wildman–Crippen MR) is 97.9 cm³/mol. The largest absolute Gasteiger partial charge is 0.497 e. The van der Waals surface area contributed by atoms with Crippen molar-refractivity contribution in [1.29, 1.82) is 0 Å². The van der Waals surface area contributed by atoms with Gasteiger partial charge in [0.1, 0.15) is 5.75 Å². The Labute approximate surface area is 150 Å². The molecular formula is C18H28N2O4S. The molecule has 0 radical (unpaired) electrons. The molecule has 0 N–H and O–H groups in total. The van der Waals surface area contributed by atoms with Gasteiger partial charge >= 0.3 is 0 Å². The van der Waals surface area contributed by atoms with Gasteiger partial charge < -0.3 is 9.64 Å². The molecule has 0 aromatic heterocycles. The smallest absolute Gasteiger partial charge is 0.238 e. The third-order valence-electron chi connectivity index (χ3n) is 4.72. The summed E-state index contributed by atoms with van der Waals surface area (Å²) in [6.07, 6.45) is 5.17. The maximum atomic E-state index is 12.7. The lowest BCUT2D eigenvalue weighted by atomic mass is 10.00. The minimum Gasteiger partial charge on any atom is -0.497 e. The molecular weight excluding hydrogens is 340 g/mol. The van der Waals surface area contributed by atoms with Crippen molar-refractivity contribution in [2.75, 3.05) is 26.5 Å². The standard InChI is InChI=1S/C18H28N2O4S/c1-4-16-7-5-6-12-20(16)18(21)14-19(25(3,22)23)13-15-8-10-17(24-2)11-9-15/h8-11,16H,4-7,12-14H2,1-3H3. The van der Waals surface area contributed by atoms with Crippen LogP contribution in [0.1, 0.15) is 38.2 Å². The van der Waals surface area contributed by atoms with Gasteiger partial charge in [0, 0.05) is 19.1 Å². The SMILES string of the molecule is CCC1CCCCN1C(=O)CN(Cc1ccc(OC)cc1)S(C)(=O)=O. The fourth-order valence-electron chi connectivity index (χ4n) is 3.22. The van der Waals surface area contributed by atoms with Gasteiger partial charge in [-0.3, -0.25) is 4.79 Å². The van der Waals surface area contributed by atoms with E-state index in [-0.39, 0.29) is 25.0 Å². The Morgan fingerprint density at radius 2 is 1.96 bits per heavy atom. The van der Waals surface area contributed by atoms with Gasteiger partial charge in [-0.2, -0.15) is 4.31 Å². The van der Waals surface area contributed by atoms with Crippen LogP contribution in [0.2, 0.25) is 0 Å². The number of ether oxygens (including phenoxy) is 1. The Morgan fingerprint density at radius 1 is 1.28 bits per heavy atom. The van der Waals surface area contributed by atoms with Crippen LogP contribution in [-0.2, 0) is 21.4 Å². The molecule has 1 aromatic carbocycles. The second kappa shape index (κ2) is 8.67. The van der Waals surface area contributed by atoms with Crippen molar-refractivity contribution in [1.82, 2.24) is 9.21 Å². The Morgan fingerprint density at radius 3 is 2.52 bits per heavy atom. The third-order valence-corrected chi connectivity index (χ3v) is 5.91. The molecule has 0 spiro atoms. The molecule has 1 atom stereocenters. The minimum atomic E-state index is -3.48. The number of hydrogen-bond acceptors (Lipinski definition) is 4. The van der Waals surface area contributed by atoms with Crippen molar-refractivity contribution < 1.29 is 17.9 Å². The van der Waals surface area contributed by atoms with Crippen LogP contribution < -0.4 is 4.74 Å². The number of carbonyl (C=O) groups excluding carboxylic acids is 1. The number of sulfonamides is 1. The number of hydrogen-bond donors (Lipinski definition) is 0. The first-order chi connectivity index (χ1) is 11.8. The molecule has 140 valence electrons. The van der Waals surface area contributed by atoms with Gasteiger partial charge in [-0.15, -0.1) is 0 Å². The van der Waals surface area contributed by atoms with Crippen LogP contribution >= 0.6 is 0 Å². The summed E-state index contributed by atoms with van der Waals surface area (Å²) in [6, 6.07) is 7.43. The lowest BCUT2D eigenvalue weighted by Gasteiger charge is -2.36. The number of carbonyl (C=O) groups is 1. The molecule has 1 saturated heterocycles. The van der Waals surface area contributed by atoms with Gasteiger partial charge in [-0.25, -0.2) is 8.42 Å². The first-order valence-corrected chi connectivity index (χ1v) is 10.6. The number of rotatable bonds is 7. The first kappa shape index (κ1) is 19.7. The van der Waals surface area contributed by atoms with E-state index >= 15 is 0 Å². The molecule has 1 heterocycles. The van der Waals surface area contributed by atoms with Gasteiger partial charge in [-0.1, -0.05) is 19.1 Å². The van der Waals surface area contributed by atoms with Gasteiger partial charge in [0.15, 0.2) is 0 Å². The summed E-state index contributed by atoms with van der Waals surface area (Å²) in [6.45, 7) is 2.86. The van der Waals surface area contributed by atoms with Crippen molar-refractivity contribution in [2.45, 2.75) is 45.2 Å². The van der Waals surface area contributed by atoms with Crippen molar-refractivity contribution in [2.24, 2.45) is 0 Å². The number of amides is 1. The minimum absolute atomic E-state index is 0.106. The number of methoxy groups -OCH3 is 1. The van der Waals surface area contributed by atoms with Crippen LogP contribution in [0.4, 0.5) is 0 Å². The predicted octanol–water partition coefficient (Wildman–Crippen LogP) is 2.25. The zero-order valence-electron chi connectivity index (χ0n) is 15.3. The lowest BCUT2D eigenvalue weighted by Crippen LogP contribution is -2.48. The second-order valence-corrected chi connectivity index (χ2v) is 8.51. The highest BCUT2D eigenvalue weighted by molar-refractivity contribution is 7.88. The van der Waals surface area contributed by atoms with Gasteiger partial charge in [0.2, 0.25) is 15.9 Å². The Balaban J connectivity index is 2.10. The fraction of sp³-hybridized carbons (Fsp3) is 0.611. The molecule has 1 fully saturated rings. The molecule has 0 aliphatic carbocycles. The lowest BCUT2D eigenvalue weighted by molar-refractivity contribution is -0.135. The van der Waals surface area contributed by atoms with Crippen LogP contribution in [-0.4, -0.2) is 56.0 Å². The summed E-state index contributed by atoms with van der Waals surface area (Å²) in [5.74, 6) is 0.607. The van der Waals surface area contributed by atoms with Crippen molar-refractivity contribution >= 4 is 15.9 Å². The Hall–Kier alpha value is -1.60. The number of likely N-dealkylation sites (tertiary alicyclic amines) is 1. The van der Waals surface area contributed by atoms with E-state index < -0.39 is 10.0 Å².